The summed E-state index contributed by atoms with van der Waals surface area (Å²) in [6.07, 6.45) is 3.59. The molecule has 0 fully saturated rings. The van der Waals surface area contributed by atoms with E-state index in [1.807, 2.05) is 36.5 Å². The largest absolute Gasteiger partial charge is 0.456 e. The number of aromatic nitrogens is 5. The zero-order valence-electron chi connectivity index (χ0n) is 29.1. The summed E-state index contributed by atoms with van der Waals surface area (Å²) in [5, 5.41) is 8.55. The third kappa shape index (κ3) is 4.44. The predicted molar refractivity (Wildman–Crippen MR) is 220 cm³/mol. The Kier molecular flexibility index (Phi) is 6.21. The van der Waals surface area contributed by atoms with Gasteiger partial charge in [0.05, 0.1) is 11.0 Å². The van der Waals surface area contributed by atoms with Gasteiger partial charge < -0.3 is 8.83 Å². The molecule has 0 unspecified atom stereocenters. The third-order valence-corrected chi connectivity index (χ3v) is 10.8. The molecule has 7 heteroatoms. The minimum absolute atomic E-state index is 0.536. The van der Waals surface area contributed by atoms with Crippen LogP contribution >= 0.6 is 0 Å². The van der Waals surface area contributed by atoms with E-state index in [1.165, 1.54) is 0 Å². The number of nitrogens with zero attached hydrogens (tertiary/aromatic N) is 5. The van der Waals surface area contributed by atoms with Crippen LogP contribution in [0.3, 0.4) is 0 Å². The van der Waals surface area contributed by atoms with Gasteiger partial charge >= 0.3 is 0 Å². The molecule has 55 heavy (non-hydrogen) atoms. The minimum atomic E-state index is 0.536. The molecule has 0 aliphatic rings. The fourth-order valence-electron chi connectivity index (χ4n) is 8.34. The molecule has 5 heterocycles. The molecule has 0 aliphatic heterocycles. The molecule has 0 N–H and O–H groups in total. The number of hydrogen-bond acceptors (Lipinski definition) is 6. The minimum Gasteiger partial charge on any atom is -0.456 e. The summed E-state index contributed by atoms with van der Waals surface area (Å²) >= 11 is 0. The van der Waals surface area contributed by atoms with Gasteiger partial charge in [-0.05, 0) is 70.4 Å². The second-order valence-corrected chi connectivity index (χ2v) is 13.8. The molecule has 5 aromatic heterocycles. The molecule has 0 radical (unpaired) electrons. The maximum Gasteiger partial charge on any atom is 0.238 e. The highest BCUT2D eigenvalue weighted by molar-refractivity contribution is 6.16. The maximum atomic E-state index is 6.29. The van der Waals surface area contributed by atoms with Crippen LogP contribution in [-0.2, 0) is 0 Å². The second-order valence-electron chi connectivity index (χ2n) is 13.8. The number of benzene rings is 7. The summed E-state index contributed by atoms with van der Waals surface area (Å²) in [4.78, 5) is 20.1. The Morgan fingerprint density at radius 2 is 1.04 bits per heavy atom. The first-order chi connectivity index (χ1) is 27.3. The monoisotopic (exact) mass is 705 g/mol. The molecular formula is C48H27N5O2. The van der Waals surface area contributed by atoms with Crippen LogP contribution in [0.25, 0.3) is 116 Å². The summed E-state index contributed by atoms with van der Waals surface area (Å²) in [6, 6.07) is 52.1. The predicted octanol–water partition coefficient (Wildman–Crippen LogP) is 12.3. The van der Waals surface area contributed by atoms with Gasteiger partial charge in [0.15, 0.2) is 11.6 Å². The third-order valence-electron chi connectivity index (χ3n) is 10.8. The Morgan fingerprint density at radius 3 is 1.85 bits per heavy atom. The van der Waals surface area contributed by atoms with Crippen molar-refractivity contribution in [3.05, 3.63) is 164 Å². The van der Waals surface area contributed by atoms with Gasteiger partial charge in [-0.25, -0.2) is 4.98 Å². The molecular weight excluding hydrogens is 679 g/mol. The van der Waals surface area contributed by atoms with Crippen molar-refractivity contribution in [1.82, 2.24) is 24.5 Å². The van der Waals surface area contributed by atoms with Gasteiger partial charge in [-0.3, -0.25) is 9.55 Å². The standard InChI is InChI=1S/C48H27N5O2/c1-2-11-30-29(10-1)31(35-15-9-19-43-45(35)37-14-5-8-18-41(37)54-43)22-23-36(30)47-50-46(28-20-21-34-38-27-49-25-24-42(38)55-44(34)26-28)51-48(52-47)53-39-16-6-3-12-32(39)33-13-4-7-17-40(33)53/h1-27H. The summed E-state index contributed by atoms with van der Waals surface area (Å²) in [6.45, 7) is 0. The maximum absolute atomic E-state index is 6.29. The highest BCUT2D eigenvalue weighted by atomic mass is 16.3. The van der Waals surface area contributed by atoms with Crippen LogP contribution in [0.5, 0.6) is 0 Å². The van der Waals surface area contributed by atoms with Gasteiger partial charge in [-0.2, -0.15) is 9.97 Å². The average Bonchev–Trinajstić information content (AvgIpc) is 3.92. The molecule has 256 valence electrons. The Balaban J connectivity index is 1.12. The van der Waals surface area contributed by atoms with E-state index in [4.69, 9.17) is 23.8 Å². The lowest BCUT2D eigenvalue weighted by atomic mass is 9.92. The lowest BCUT2D eigenvalue weighted by molar-refractivity contribution is 0.668. The first-order valence-corrected chi connectivity index (χ1v) is 18.2. The van der Waals surface area contributed by atoms with E-state index in [1.54, 1.807) is 6.20 Å². The normalized spacial score (nSPS) is 12.0. The molecule has 0 spiro atoms. The molecule has 0 bridgehead atoms. The smallest absolute Gasteiger partial charge is 0.238 e. The highest BCUT2D eigenvalue weighted by Gasteiger charge is 2.21. The summed E-state index contributed by atoms with van der Waals surface area (Å²) in [5.41, 5.74) is 9.27. The number of para-hydroxylation sites is 3. The molecule has 0 atom stereocenters. The van der Waals surface area contributed by atoms with E-state index in [0.29, 0.717) is 17.6 Å². The van der Waals surface area contributed by atoms with Gasteiger partial charge in [-0.1, -0.05) is 103 Å². The zero-order valence-corrected chi connectivity index (χ0v) is 29.1. The second kappa shape index (κ2) is 11.4. The van der Waals surface area contributed by atoms with Gasteiger partial charge in [0.1, 0.15) is 22.3 Å². The van der Waals surface area contributed by atoms with Crippen LogP contribution in [-0.4, -0.2) is 24.5 Å². The summed E-state index contributed by atoms with van der Waals surface area (Å²) in [5.74, 6) is 1.66. The number of furan rings is 2. The zero-order chi connectivity index (χ0) is 36.0. The lowest BCUT2D eigenvalue weighted by Crippen LogP contribution is -2.06. The molecule has 0 aliphatic carbocycles. The van der Waals surface area contributed by atoms with E-state index in [9.17, 15) is 0 Å². The lowest BCUT2D eigenvalue weighted by Gasteiger charge is -2.14. The molecule has 0 amide bonds. The Labute approximate surface area is 312 Å². The molecule has 0 saturated carbocycles. The first-order valence-electron chi connectivity index (χ1n) is 18.2. The van der Waals surface area contributed by atoms with Gasteiger partial charge in [-0.15, -0.1) is 0 Å². The van der Waals surface area contributed by atoms with Crippen LogP contribution < -0.4 is 0 Å². The van der Waals surface area contributed by atoms with Gasteiger partial charge in [0.2, 0.25) is 5.95 Å². The Bertz CT molecular complexity index is 3470. The van der Waals surface area contributed by atoms with Crippen molar-refractivity contribution >= 4 is 76.5 Å². The average molecular weight is 706 g/mol. The van der Waals surface area contributed by atoms with Crippen molar-refractivity contribution in [1.29, 1.82) is 0 Å². The van der Waals surface area contributed by atoms with Crippen LogP contribution in [0.15, 0.2) is 173 Å². The number of rotatable bonds is 4. The fraction of sp³-hybridized carbons (Fsp3) is 0. The van der Waals surface area contributed by atoms with E-state index in [2.05, 4.69) is 131 Å². The van der Waals surface area contributed by atoms with E-state index in [0.717, 1.165) is 98.7 Å². The van der Waals surface area contributed by atoms with E-state index in [-0.39, 0.29) is 0 Å². The van der Waals surface area contributed by atoms with Crippen LogP contribution in [0.1, 0.15) is 0 Å². The van der Waals surface area contributed by atoms with E-state index >= 15 is 0 Å². The Morgan fingerprint density at radius 1 is 0.400 bits per heavy atom. The SMILES string of the molecule is c1ccc2c(c1)oc1cccc(-c3ccc(-c4nc(-c5ccc6c(c5)oc5ccncc56)nc(-n5c6ccccc6c6ccccc65)n4)c4ccccc34)c12. The van der Waals surface area contributed by atoms with Gasteiger partial charge in [0.25, 0.3) is 0 Å². The summed E-state index contributed by atoms with van der Waals surface area (Å²) < 4.78 is 14.7. The van der Waals surface area contributed by atoms with Crippen molar-refractivity contribution in [2.24, 2.45) is 0 Å². The molecule has 12 rings (SSSR count). The molecule has 12 aromatic rings. The van der Waals surface area contributed by atoms with Crippen molar-refractivity contribution in [3.8, 4) is 39.9 Å². The molecule has 7 nitrogen and oxygen atoms in total. The van der Waals surface area contributed by atoms with Crippen molar-refractivity contribution in [2.75, 3.05) is 0 Å². The fourth-order valence-corrected chi connectivity index (χ4v) is 8.34. The first kappa shape index (κ1) is 29.9. The van der Waals surface area contributed by atoms with Crippen molar-refractivity contribution in [2.45, 2.75) is 0 Å². The highest BCUT2D eigenvalue weighted by Crippen LogP contribution is 2.42. The topological polar surface area (TPSA) is 82.8 Å². The Hall–Kier alpha value is -7.64. The van der Waals surface area contributed by atoms with E-state index < -0.39 is 0 Å². The summed E-state index contributed by atoms with van der Waals surface area (Å²) in [7, 11) is 0. The number of fused-ring (bicyclic) bond motifs is 10. The van der Waals surface area contributed by atoms with Gasteiger partial charge in [0, 0.05) is 55.8 Å². The van der Waals surface area contributed by atoms with Crippen LogP contribution in [0.2, 0.25) is 0 Å². The number of pyridine rings is 1. The van der Waals surface area contributed by atoms with Crippen LogP contribution in [0, 0.1) is 0 Å². The molecule has 0 saturated heterocycles. The van der Waals surface area contributed by atoms with Crippen molar-refractivity contribution in [3.63, 3.8) is 0 Å². The van der Waals surface area contributed by atoms with Crippen molar-refractivity contribution < 1.29 is 8.83 Å². The van der Waals surface area contributed by atoms with Crippen LogP contribution in [0.4, 0.5) is 0 Å². The number of hydrogen-bond donors (Lipinski definition) is 0. The molecule has 7 aromatic carbocycles. The quantitative estimate of drug-likeness (QED) is 0.181.